The molecule has 2 aromatic carbocycles. The number of rotatable bonds is 2. The van der Waals surface area contributed by atoms with Crippen molar-refractivity contribution >= 4 is 55.7 Å². The predicted octanol–water partition coefficient (Wildman–Crippen LogP) is 4.63. The van der Waals surface area contributed by atoms with Gasteiger partial charge in [0.05, 0.1) is 0 Å². The summed E-state index contributed by atoms with van der Waals surface area (Å²) in [4.78, 5) is 0. The van der Waals surface area contributed by atoms with Crippen molar-refractivity contribution in [1.29, 1.82) is 0 Å². The number of hydrogen-bond donors (Lipinski definition) is 0. The van der Waals surface area contributed by atoms with Gasteiger partial charge in [0.15, 0.2) is 0 Å². The van der Waals surface area contributed by atoms with E-state index in [9.17, 15) is 0 Å². The van der Waals surface area contributed by atoms with Crippen LogP contribution >= 0.6 is 15.9 Å². The molecule has 2 nitrogen and oxygen atoms in total. The fraction of sp³-hybridized carbons (Fsp3) is 0.300. The molecule has 5 heteroatoms. The summed E-state index contributed by atoms with van der Waals surface area (Å²) in [5, 5.41) is 1.33. The number of halogens is 1. The molecule has 0 unspecified atom stereocenters. The molecule has 25 heavy (non-hydrogen) atoms. The Bertz CT molecular complexity index is 918. The molecule has 0 atom stereocenters. The van der Waals surface area contributed by atoms with Gasteiger partial charge in [0.25, 0.3) is 0 Å². The van der Waals surface area contributed by atoms with Crippen LogP contribution in [0.1, 0.15) is 27.7 Å². The minimum atomic E-state index is -0.525. The van der Waals surface area contributed by atoms with E-state index in [1.807, 2.05) is 0 Å². The Kier molecular flexibility index (Phi) is 4.46. The third kappa shape index (κ3) is 3.05. The van der Waals surface area contributed by atoms with Crippen molar-refractivity contribution in [3.8, 4) is 11.1 Å². The van der Waals surface area contributed by atoms with Gasteiger partial charge in [0.1, 0.15) is 0 Å². The Hall–Kier alpha value is -0.565. The Labute approximate surface area is 167 Å². The van der Waals surface area contributed by atoms with E-state index in [1.54, 1.807) is 0 Å². The van der Waals surface area contributed by atoms with Crippen molar-refractivity contribution in [2.24, 2.45) is 0 Å². The second kappa shape index (κ2) is 6.25. The van der Waals surface area contributed by atoms with Gasteiger partial charge in [-0.05, 0) is 0 Å². The topological polar surface area (TPSA) is 18.5 Å². The molecule has 1 fully saturated rings. The second-order valence-electron chi connectivity index (χ2n) is 7.44. The van der Waals surface area contributed by atoms with E-state index in [0.29, 0.717) is 0 Å². The second-order valence-corrected chi connectivity index (χ2v) is 11.4. The number of benzene rings is 2. The molecule has 128 valence electrons. The van der Waals surface area contributed by atoms with Crippen molar-refractivity contribution in [3.63, 3.8) is 0 Å². The van der Waals surface area contributed by atoms with E-state index < -0.39 is 20.4 Å². The van der Waals surface area contributed by atoms with Gasteiger partial charge in [-0.2, -0.15) is 0 Å². The molecule has 0 bridgehead atoms. The zero-order chi connectivity index (χ0) is 17.8. The van der Waals surface area contributed by atoms with Gasteiger partial charge in [-0.3, -0.25) is 0 Å². The van der Waals surface area contributed by atoms with E-state index in [1.165, 1.54) is 23.4 Å². The molecule has 1 aliphatic rings. The Balaban J connectivity index is 1.93. The van der Waals surface area contributed by atoms with Crippen molar-refractivity contribution in [1.82, 2.24) is 0 Å². The summed E-state index contributed by atoms with van der Waals surface area (Å²) in [7, 11) is -0.256. The standard InChI is InChI=1S/C20H20BBrO2Te/c1-19(2)20(3,4)24-21(23-19)18-17(13-8-6-5-7-9-13)15-12-14(22)10-11-16(15)25-18/h5-12H,1-4H3. The first kappa shape index (κ1) is 17.8. The Morgan fingerprint density at radius 2 is 1.56 bits per heavy atom. The maximum absolute atomic E-state index is 6.40. The normalized spacial score (nSPS) is 18.8. The van der Waals surface area contributed by atoms with Gasteiger partial charge in [0.2, 0.25) is 0 Å². The van der Waals surface area contributed by atoms with E-state index in [0.717, 1.165) is 4.47 Å². The van der Waals surface area contributed by atoms with Gasteiger partial charge >= 0.3 is 168 Å². The summed E-state index contributed by atoms with van der Waals surface area (Å²) in [6.07, 6.45) is 0. The summed E-state index contributed by atoms with van der Waals surface area (Å²) in [5.74, 6) is 0. The molecule has 0 radical (unpaired) electrons. The van der Waals surface area contributed by atoms with Crippen molar-refractivity contribution < 1.29 is 9.31 Å². The van der Waals surface area contributed by atoms with E-state index >= 15 is 0 Å². The fourth-order valence-corrected chi connectivity index (χ4v) is 6.80. The molecule has 1 aromatic heterocycles. The Morgan fingerprint density at radius 3 is 2.20 bits per heavy atom. The average molecular weight is 511 g/mol. The molecule has 0 N–H and O–H groups in total. The number of hydrogen-bond acceptors (Lipinski definition) is 2. The van der Waals surface area contributed by atoms with E-state index in [-0.39, 0.29) is 18.3 Å². The molecular weight excluding hydrogens is 491 g/mol. The van der Waals surface area contributed by atoms with E-state index in [2.05, 4.69) is 92.2 Å². The summed E-state index contributed by atoms with van der Waals surface area (Å²) >= 11 is 3.11. The fourth-order valence-electron chi connectivity index (χ4n) is 3.11. The van der Waals surface area contributed by atoms with Crippen LogP contribution in [-0.4, -0.2) is 38.8 Å². The average Bonchev–Trinajstić information content (AvgIpc) is 3.02. The quantitative estimate of drug-likeness (QED) is 0.469. The van der Waals surface area contributed by atoms with Gasteiger partial charge in [-0.15, -0.1) is 0 Å². The summed E-state index contributed by atoms with van der Waals surface area (Å²) in [6, 6.07) is 17.3. The van der Waals surface area contributed by atoms with Crippen LogP contribution < -0.4 is 3.48 Å². The van der Waals surface area contributed by atoms with Crippen LogP contribution in [0, 0.1) is 0 Å². The SMILES string of the molecule is CC1(C)OB(c2[te]c3ccc(Br)cc3c2-c2ccccc2)OC1(C)C. The summed E-state index contributed by atoms with van der Waals surface area (Å²) in [6.45, 7) is 8.48. The molecule has 0 aliphatic carbocycles. The molecule has 0 amide bonds. The first-order valence-corrected chi connectivity index (χ1v) is 11.5. The molecule has 1 aliphatic heterocycles. The third-order valence-electron chi connectivity index (χ3n) is 5.21. The van der Waals surface area contributed by atoms with Crippen molar-refractivity contribution in [2.75, 3.05) is 0 Å². The van der Waals surface area contributed by atoms with Crippen LogP contribution in [0.2, 0.25) is 0 Å². The third-order valence-corrected chi connectivity index (χ3v) is 9.10. The number of fused-ring (bicyclic) bond motifs is 1. The van der Waals surface area contributed by atoms with Crippen LogP contribution in [0.15, 0.2) is 53.0 Å². The predicted molar refractivity (Wildman–Crippen MR) is 110 cm³/mol. The van der Waals surface area contributed by atoms with Crippen LogP contribution in [0.25, 0.3) is 19.9 Å². The van der Waals surface area contributed by atoms with Crippen molar-refractivity contribution in [3.05, 3.63) is 53.0 Å². The van der Waals surface area contributed by atoms with Gasteiger partial charge in [-0.25, -0.2) is 0 Å². The Morgan fingerprint density at radius 1 is 0.920 bits per heavy atom. The zero-order valence-corrected chi connectivity index (χ0v) is 18.7. The molecule has 3 aromatic rings. The van der Waals surface area contributed by atoms with Crippen LogP contribution in [0.5, 0.6) is 0 Å². The molecular formula is C20H20BBrO2Te. The van der Waals surface area contributed by atoms with Gasteiger partial charge < -0.3 is 0 Å². The van der Waals surface area contributed by atoms with Gasteiger partial charge in [0, 0.05) is 0 Å². The van der Waals surface area contributed by atoms with Crippen molar-refractivity contribution in [2.45, 2.75) is 38.9 Å². The van der Waals surface area contributed by atoms with Gasteiger partial charge in [-0.1, -0.05) is 0 Å². The molecule has 0 saturated carbocycles. The first-order chi connectivity index (χ1) is 11.8. The van der Waals surface area contributed by atoms with E-state index in [4.69, 9.17) is 9.31 Å². The van der Waals surface area contributed by atoms with Crippen LogP contribution in [-0.2, 0) is 9.31 Å². The summed E-state index contributed by atoms with van der Waals surface area (Å²) in [5.41, 5.74) is 1.93. The monoisotopic (exact) mass is 512 g/mol. The first-order valence-electron chi connectivity index (χ1n) is 8.41. The molecule has 2 heterocycles. The minimum absolute atomic E-state index is 0.256. The van der Waals surface area contributed by atoms with Crippen LogP contribution in [0.4, 0.5) is 0 Å². The maximum atomic E-state index is 6.40. The molecule has 0 spiro atoms. The zero-order valence-electron chi connectivity index (χ0n) is 14.8. The van der Waals surface area contributed by atoms with Crippen LogP contribution in [0.3, 0.4) is 0 Å². The molecule has 1 saturated heterocycles. The molecule has 4 rings (SSSR count). The summed E-state index contributed by atoms with van der Waals surface area (Å²) < 4.78 is 16.7.